The molecule has 0 radical (unpaired) electrons. The van der Waals surface area contributed by atoms with Gasteiger partial charge in [-0.05, 0) is 24.9 Å². The standard InChI is InChI=1S/C12H15N/c1-2-4-11(5-3-1)6-7-12-8-9-13-10-12/h1-5,7,13H,6,8-10H2. The molecule has 1 nitrogen and oxygen atoms in total. The fourth-order valence-corrected chi connectivity index (χ4v) is 1.64. The molecule has 0 saturated carbocycles. The Kier molecular flexibility index (Phi) is 2.78. The molecule has 1 aliphatic heterocycles. The van der Waals surface area contributed by atoms with E-state index in [4.69, 9.17) is 0 Å². The van der Waals surface area contributed by atoms with Gasteiger partial charge < -0.3 is 5.32 Å². The highest BCUT2D eigenvalue weighted by Crippen LogP contribution is 2.08. The van der Waals surface area contributed by atoms with E-state index in [0.29, 0.717) is 0 Å². The quantitative estimate of drug-likeness (QED) is 0.676. The van der Waals surface area contributed by atoms with E-state index in [1.807, 2.05) is 0 Å². The van der Waals surface area contributed by atoms with Crippen LogP contribution in [0.4, 0.5) is 0 Å². The van der Waals surface area contributed by atoms with Gasteiger partial charge in [-0.25, -0.2) is 0 Å². The van der Waals surface area contributed by atoms with Crippen molar-refractivity contribution in [2.24, 2.45) is 0 Å². The number of hydrogen-bond donors (Lipinski definition) is 1. The van der Waals surface area contributed by atoms with Crippen LogP contribution in [0.25, 0.3) is 0 Å². The largest absolute Gasteiger partial charge is 0.313 e. The third-order valence-corrected chi connectivity index (χ3v) is 2.44. The van der Waals surface area contributed by atoms with Crippen LogP contribution in [0.3, 0.4) is 0 Å². The van der Waals surface area contributed by atoms with Crippen molar-refractivity contribution in [3.8, 4) is 0 Å². The van der Waals surface area contributed by atoms with E-state index >= 15 is 0 Å². The molecular weight excluding hydrogens is 158 g/mol. The fraction of sp³-hybridized carbons (Fsp3) is 0.333. The smallest absolute Gasteiger partial charge is 0.0165 e. The van der Waals surface area contributed by atoms with Gasteiger partial charge in [0, 0.05) is 6.54 Å². The molecule has 0 amide bonds. The molecule has 1 aromatic rings. The molecule has 1 N–H and O–H groups in total. The van der Waals surface area contributed by atoms with Crippen molar-refractivity contribution in [1.29, 1.82) is 0 Å². The maximum atomic E-state index is 3.34. The molecule has 0 aromatic heterocycles. The molecule has 0 spiro atoms. The molecular formula is C12H15N. The lowest BCUT2D eigenvalue weighted by atomic mass is 10.1. The molecule has 0 bridgehead atoms. The lowest BCUT2D eigenvalue weighted by Crippen LogP contribution is -2.04. The fourth-order valence-electron chi connectivity index (χ4n) is 1.64. The Labute approximate surface area is 79.5 Å². The second-order valence-electron chi connectivity index (χ2n) is 3.48. The summed E-state index contributed by atoms with van der Waals surface area (Å²) in [7, 11) is 0. The van der Waals surface area contributed by atoms with Gasteiger partial charge in [0.25, 0.3) is 0 Å². The molecule has 1 heterocycles. The summed E-state index contributed by atoms with van der Waals surface area (Å²) >= 11 is 0. The number of allylic oxidation sites excluding steroid dienone is 1. The van der Waals surface area contributed by atoms with Crippen molar-refractivity contribution in [3.05, 3.63) is 47.5 Å². The number of hydrogen-bond acceptors (Lipinski definition) is 1. The van der Waals surface area contributed by atoms with E-state index in [1.165, 1.54) is 12.0 Å². The molecule has 13 heavy (non-hydrogen) atoms. The van der Waals surface area contributed by atoms with Gasteiger partial charge in [-0.15, -0.1) is 0 Å². The number of benzene rings is 1. The third kappa shape index (κ3) is 2.43. The van der Waals surface area contributed by atoms with Gasteiger partial charge in [0.05, 0.1) is 0 Å². The van der Waals surface area contributed by atoms with Crippen LogP contribution in [0.5, 0.6) is 0 Å². The van der Waals surface area contributed by atoms with Gasteiger partial charge in [-0.3, -0.25) is 0 Å². The Morgan fingerprint density at radius 2 is 2.08 bits per heavy atom. The normalized spacial score (nSPS) is 19.5. The minimum absolute atomic E-state index is 1.08. The van der Waals surface area contributed by atoms with Crippen LogP contribution >= 0.6 is 0 Å². The predicted molar refractivity (Wildman–Crippen MR) is 55.7 cm³/mol. The van der Waals surface area contributed by atoms with Crippen molar-refractivity contribution in [2.45, 2.75) is 12.8 Å². The van der Waals surface area contributed by atoms with Gasteiger partial charge in [-0.1, -0.05) is 42.0 Å². The van der Waals surface area contributed by atoms with E-state index in [9.17, 15) is 0 Å². The zero-order chi connectivity index (χ0) is 8.93. The van der Waals surface area contributed by atoms with E-state index < -0.39 is 0 Å². The Balaban J connectivity index is 1.95. The molecule has 0 unspecified atom stereocenters. The first-order valence-corrected chi connectivity index (χ1v) is 4.88. The minimum Gasteiger partial charge on any atom is -0.313 e. The summed E-state index contributed by atoms with van der Waals surface area (Å²) in [6.45, 7) is 2.24. The summed E-state index contributed by atoms with van der Waals surface area (Å²) < 4.78 is 0. The number of nitrogens with one attached hydrogen (secondary N) is 1. The van der Waals surface area contributed by atoms with Crippen LogP contribution in [-0.4, -0.2) is 13.1 Å². The van der Waals surface area contributed by atoms with Crippen LogP contribution in [0.2, 0.25) is 0 Å². The lowest BCUT2D eigenvalue weighted by Gasteiger charge is -1.96. The summed E-state index contributed by atoms with van der Waals surface area (Å²) in [5, 5.41) is 3.34. The Morgan fingerprint density at radius 3 is 2.77 bits per heavy atom. The molecule has 0 aliphatic carbocycles. The van der Waals surface area contributed by atoms with Crippen molar-refractivity contribution in [3.63, 3.8) is 0 Å². The first-order valence-electron chi connectivity index (χ1n) is 4.88. The van der Waals surface area contributed by atoms with Crippen molar-refractivity contribution >= 4 is 0 Å². The predicted octanol–water partition coefficient (Wildman–Crippen LogP) is 2.15. The van der Waals surface area contributed by atoms with Gasteiger partial charge in [0.2, 0.25) is 0 Å². The van der Waals surface area contributed by atoms with E-state index in [1.54, 1.807) is 5.57 Å². The van der Waals surface area contributed by atoms with Crippen LogP contribution in [-0.2, 0) is 6.42 Å². The Bertz CT molecular complexity index is 279. The van der Waals surface area contributed by atoms with Gasteiger partial charge >= 0.3 is 0 Å². The van der Waals surface area contributed by atoms with Crippen molar-refractivity contribution in [1.82, 2.24) is 5.32 Å². The zero-order valence-electron chi connectivity index (χ0n) is 7.79. The minimum atomic E-state index is 1.08. The molecule has 1 aliphatic rings. The SMILES string of the molecule is C(Cc1ccccc1)=C1CCNC1. The maximum Gasteiger partial charge on any atom is 0.0165 e. The zero-order valence-corrected chi connectivity index (χ0v) is 7.79. The van der Waals surface area contributed by atoms with Crippen LogP contribution in [0, 0.1) is 0 Å². The Morgan fingerprint density at radius 1 is 1.23 bits per heavy atom. The van der Waals surface area contributed by atoms with Gasteiger partial charge in [0.15, 0.2) is 0 Å². The molecule has 68 valence electrons. The van der Waals surface area contributed by atoms with E-state index in [-0.39, 0.29) is 0 Å². The molecule has 1 fully saturated rings. The Hall–Kier alpha value is -1.08. The molecule has 1 heteroatoms. The topological polar surface area (TPSA) is 12.0 Å². The third-order valence-electron chi connectivity index (χ3n) is 2.44. The highest BCUT2D eigenvalue weighted by atomic mass is 14.9. The summed E-state index contributed by atoms with van der Waals surface area (Å²) in [4.78, 5) is 0. The summed E-state index contributed by atoms with van der Waals surface area (Å²) in [6.07, 6.45) is 4.67. The molecule has 1 saturated heterocycles. The van der Waals surface area contributed by atoms with E-state index in [0.717, 1.165) is 19.5 Å². The number of rotatable bonds is 2. The highest BCUT2D eigenvalue weighted by Gasteiger charge is 2.03. The van der Waals surface area contributed by atoms with Crippen LogP contribution in [0.1, 0.15) is 12.0 Å². The average molecular weight is 173 g/mol. The highest BCUT2D eigenvalue weighted by molar-refractivity contribution is 5.20. The summed E-state index contributed by atoms with van der Waals surface area (Å²) in [5.41, 5.74) is 2.96. The van der Waals surface area contributed by atoms with Gasteiger partial charge in [0.1, 0.15) is 0 Å². The second kappa shape index (κ2) is 4.24. The first-order chi connectivity index (χ1) is 6.45. The summed E-state index contributed by atoms with van der Waals surface area (Å²) in [5.74, 6) is 0. The van der Waals surface area contributed by atoms with Crippen LogP contribution < -0.4 is 5.32 Å². The molecule has 2 rings (SSSR count). The van der Waals surface area contributed by atoms with E-state index in [2.05, 4.69) is 41.7 Å². The van der Waals surface area contributed by atoms with Crippen molar-refractivity contribution in [2.75, 3.05) is 13.1 Å². The monoisotopic (exact) mass is 173 g/mol. The second-order valence-corrected chi connectivity index (χ2v) is 3.48. The molecule has 0 atom stereocenters. The van der Waals surface area contributed by atoms with Gasteiger partial charge in [-0.2, -0.15) is 0 Å². The van der Waals surface area contributed by atoms with Crippen LogP contribution in [0.15, 0.2) is 42.0 Å². The maximum absolute atomic E-state index is 3.34. The first kappa shape index (κ1) is 8.52. The molecule has 1 aromatic carbocycles. The average Bonchev–Trinajstić information content (AvgIpc) is 2.69. The lowest BCUT2D eigenvalue weighted by molar-refractivity contribution is 0.862. The van der Waals surface area contributed by atoms with Crippen molar-refractivity contribution < 1.29 is 0 Å². The summed E-state index contributed by atoms with van der Waals surface area (Å²) in [6, 6.07) is 10.6.